The second-order valence-corrected chi connectivity index (χ2v) is 4.54. The van der Waals surface area contributed by atoms with Crippen LogP contribution in [-0.2, 0) is 14.4 Å². The molecule has 0 unspecified atom stereocenters. The fourth-order valence-corrected chi connectivity index (χ4v) is 2.80. The molecule has 9 heteroatoms. The Balaban J connectivity index is 0. The number of carbonyl (C=O) groups excluding carboxylic acids is 1. The summed E-state index contributed by atoms with van der Waals surface area (Å²) in [7, 11) is -4.21. The van der Waals surface area contributed by atoms with E-state index in [2.05, 4.69) is 10.2 Å². The summed E-state index contributed by atoms with van der Waals surface area (Å²) in [5.74, 6) is 4.54. The molecule has 15 heavy (non-hydrogen) atoms. The molecule has 0 fully saturated rings. The largest absolute Gasteiger partial charge is 1.00 e. The molecule has 2 N–H and O–H groups in total. The van der Waals surface area contributed by atoms with E-state index in [9.17, 15) is 13.2 Å². The Hall–Kier alpha value is -0.270. The molecule has 0 aliphatic heterocycles. The number of carbonyl (C=O) groups is 1. The Morgan fingerprint density at radius 3 is 2.67 bits per heavy atom. The molecule has 76 valence electrons. The van der Waals surface area contributed by atoms with Gasteiger partial charge in [0, 0.05) is 5.38 Å². The van der Waals surface area contributed by atoms with Crippen LogP contribution >= 0.6 is 11.3 Å². The van der Waals surface area contributed by atoms with Crippen molar-refractivity contribution >= 4 is 27.7 Å². The molecule has 0 radical (unpaired) electrons. The molecule has 1 aromatic rings. The Morgan fingerprint density at radius 2 is 2.27 bits per heavy atom. The topological polar surface area (TPSA) is 110 Å². The van der Waals surface area contributed by atoms with Gasteiger partial charge in [0.25, 0.3) is 0 Å². The third kappa shape index (κ3) is 2.85. The molecule has 0 atom stereocenters. The molecule has 0 aliphatic rings. The van der Waals surface area contributed by atoms with Crippen molar-refractivity contribution in [1.82, 2.24) is 0 Å². The number of nitrogens with zero attached hydrogens (tertiary/aromatic N) is 1. The van der Waals surface area contributed by atoms with Gasteiger partial charge in [-0.1, -0.05) is 0 Å². The van der Waals surface area contributed by atoms with E-state index in [1.54, 1.807) is 6.07 Å². The maximum atomic E-state index is 11.2. The number of aldehydes is 1. The monoisotopic (exact) mass is 256 g/mol. The van der Waals surface area contributed by atoms with E-state index in [4.69, 9.17) is 5.26 Å². The SMILES string of the molecule is N#Cc1csc(C=O)c1S(=O)(=O)ON.[H-].[Na+]. The molecule has 0 spiro atoms. The fraction of sp³-hybridized carbons (Fsp3) is 0. The first kappa shape index (κ1) is 14.7. The second-order valence-electron chi connectivity index (χ2n) is 2.12. The van der Waals surface area contributed by atoms with Crippen molar-refractivity contribution in [2.45, 2.75) is 4.90 Å². The van der Waals surface area contributed by atoms with Gasteiger partial charge in [0.1, 0.15) is 11.0 Å². The van der Waals surface area contributed by atoms with Gasteiger partial charge < -0.3 is 1.43 Å². The smallest absolute Gasteiger partial charge is 1.00 e. The summed E-state index contributed by atoms with van der Waals surface area (Å²) < 4.78 is 26.1. The standard InChI is InChI=1S/C6H4N2O4S2.Na.H/c7-1-4-3-13-5(2-9)6(4)14(10,11)12-8;;/h2-3H,8H2;;/q;+1;-1. The molecule has 0 aliphatic carbocycles. The number of hydrogen-bond acceptors (Lipinski definition) is 7. The predicted octanol–water partition coefficient (Wildman–Crippen LogP) is -2.87. The minimum atomic E-state index is -4.21. The van der Waals surface area contributed by atoms with Crippen LogP contribution in [0.5, 0.6) is 0 Å². The molecule has 0 saturated heterocycles. The number of thiophene rings is 1. The van der Waals surface area contributed by atoms with Gasteiger partial charge in [-0.05, 0) is 0 Å². The van der Waals surface area contributed by atoms with Crippen LogP contribution < -0.4 is 35.5 Å². The zero-order chi connectivity index (χ0) is 10.8. The normalized spacial score (nSPS) is 10.1. The van der Waals surface area contributed by atoms with Crippen LogP contribution in [0.4, 0.5) is 0 Å². The van der Waals surface area contributed by atoms with Crippen molar-refractivity contribution in [1.29, 1.82) is 5.26 Å². The van der Waals surface area contributed by atoms with E-state index in [0.717, 1.165) is 11.3 Å². The molecular weight excluding hydrogens is 251 g/mol. The minimum Gasteiger partial charge on any atom is -1.00 e. The van der Waals surface area contributed by atoms with Gasteiger partial charge >= 0.3 is 39.7 Å². The minimum absolute atomic E-state index is 0. The Bertz CT molecular complexity index is 507. The summed E-state index contributed by atoms with van der Waals surface area (Å²) >= 11 is 0.838. The molecular formula is C6H5N2NaO4S2. The van der Waals surface area contributed by atoms with Crippen molar-refractivity contribution in [3.05, 3.63) is 15.8 Å². The first-order valence-electron chi connectivity index (χ1n) is 3.17. The number of hydrogen-bond donors (Lipinski definition) is 1. The Kier molecular flexibility index (Phi) is 5.61. The summed E-state index contributed by atoms with van der Waals surface area (Å²) in [6.45, 7) is 0. The second kappa shape index (κ2) is 5.72. The van der Waals surface area contributed by atoms with Crippen molar-refractivity contribution in [3.63, 3.8) is 0 Å². The summed E-state index contributed by atoms with van der Waals surface area (Å²) in [6, 6.07) is 1.63. The number of nitriles is 1. The van der Waals surface area contributed by atoms with Crippen LogP contribution in [0.3, 0.4) is 0 Å². The fourth-order valence-electron chi connectivity index (χ4n) is 0.827. The van der Waals surface area contributed by atoms with Crippen LogP contribution in [0.1, 0.15) is 16.7 Å². The molecule has 6 nitrogen and oxygen atoms in total. The summed E-state index contributed by atoms with van der Waals surface area (Å²) in [5, 5.41) is 9.81. The predicted molar refractivity (Wildman–Crippen MR) is 48.0 cm³/mol. The van der Waals surface area contributed by atoms with Crippen molar-refractivity contribution in [2.75, 3.05) is 0 Å². The van der Waals surface area contributed by atoms with E-state index < -0.39 is 15.0 Å². The molecule has 0 bridgehead atoms. The first-order valence-corrected chi connectivity index (χ1v) is 5.45. The molecule has 1 heterocycles. The third-order valence-corrected chi connectivity index (χ3v) is 3.61. The molecule has 0 aromatic carbocycles. The van der Waals surface area contributed by atoms with Crippen molar-refractivity contribution < 1.29 is 48.5 Å². The maximum Gasteiger partial charge on any atom is 1.00 e. The first-order chi connectivity index (χ1) is 6.56. The van der Waals surface area contributed by atoms with Gasteiger partial charge in [-0.2, -0.15) is 23.9 Å². The quantitative estimate of drug-likeness (QED) is 0.353. The van der Waals surface area contributed by atoms with Crippen LogP contribution in [0.15, 0.2) is 10.3 Å². The van der Waals surface area contributed by atoms with E-state index in [1.807, 2.05) is 0 Å². The van der Waals surface area contributed by atoms with Crippen LogP contribution in [0, 0.1) is 11.3 Å². The molecule has 1 aromatic heterocycles. The van der Waals surface area contributed by atoms with E-state index in [-0.39, 0.29) is 41.4 Å². The molecule has 0 saturated carbocycles. The summed E-state index contributed by atoms with van der Waals surface area (Å²) in [4.78, 5) is 9.88. The summed E-state index contributed by atoms with van der Waals surface area (Å²) in [6.07, 6.45) is 0.331. The average Bonchev–Trinajstić information content (AvgIpc) is 2.61. The van der Waals surface area contributed by atoms with E-state index >= 15 is 0 Å². The Morgan fingerprint density at radius 1 is 1.67 bits per heavy atom. The van der Waals surface area contributed by atoms with Crippen LogP contribution in [0.2, 0.25) is 0 Å². The number of rotatable bonds is 3. The molecule has 0 amide bonds. The van der Waals surface area contributed by atoms with E-state index in [0.29, 0.717) is 6.29 Å². The number of nitrogens with two attached hydrogens (primary N) is 1. The van der Waals surface area contributed by atoms with Gasteiger partial charge in [-0.15, -0.1) is 11.3 Å². The van der Waals surface area contributed by atoms with Crippen molar-refractivity contribution in [2.24, 2.45) is 5.90 Å². The summed E-state index contributed by atoms with van der Waals surface area (Å²) in [5.41, 5.74) is -0.150. The third-order valence-electron chi connectivity index (χ3n) is 1.38. The van der Waals surface area contributed by atoms with Gasteiger partial charge in [-0.3, -0.25) is 4.79 Å². The van der Waals surface area contributed by atoms with Gasteiger partial charge in [0.2, 0.25) is 0 Å². The Labute approximate surface area is 113 Å². The van der Waals surface area contributed by atoms with Crippen molar-refractivity contribution in [3.8, 4) is 6.07 Å². The van der Waals surface area contributed by atoms with Gasteiger partial charge in [-0.25, -0.2) is 0 Å². The molecule has 1 rings (SSSR count). The zero-order valence-electron chi connectivity index (χ0n) is 8.63. The van der Waals surface area contributed by atoms with Crippen LogP contribution in [0.25, 0.3) is 0 Å². The van der Waals surface area contributed by atoms with E-state index in [1.165, 1.54) is 5.38 Å². The average molecular weight is 256 g/mol. The van der Waals surface area contributed by atoms with Gasteiger partial charge in [0.05, 0.1) is 10.4 Å². The zero-order valence-corrected chi connectivity index (χ0v) is 11.3. The maximum absolute atomic E-state index is 11.2. The van der Waals surface area contributed by atoms with Crippen LogP contribution in [-0.4, -0.2) is 14.7 Å². The van der Waals surface area contributed by atoms with Gasteiger partial charge in [0.15, 0.2) is 6.29 Å².